The van der Waals surface area contributed by atoms with Crippen LogP contribution in [0.1, 0.15) is 47.5 Å². The van der Waals surface area contributed by atoms with Gasteiger partial charge in [0.2, 0.25) is 0 Å². The Kier molecular flexibility index (Phi) is 12.7. The van der Waals surface area contributed by atoms with E-state index in [2.05, 4.69) is 55.1 Å². The third kappa shape index (κ3) is 10.9. The second-order valence-electron chi connectivity index (χ2n) is 8.45. The van der Waals surface area contributed by atoms with Crippen LogP contribution >= 0.6 is 0 Å². The Hall–Kier alpha value is -0.850. The quantitative estimate of drug-likeness (QED) is 0.355. The number of aliphatic imine (C=N–C) groups is 1. The molecule has 0 radical (unpaired) electrons. The van der Waals surface area contributed by atoms with Crippen molar-refractivity contribution >= 4 is 5.96 Å². The summed E-state index contributed by atoms with van der Waals surface area (Å²) in [6.45, 7) is 21.0. The van der Waals surface area contributed by atoms with Crippen LogP contribution in [0.5, 0.6) is 0 Å². The third-order valence-electron chi connectivity index (χ3n) is 5.29. The molecule has 6 nitrogen and oxygen atoms in total. The maximum atomic E-state index is 9.30. The van der Waals surface area contributed by atoms with Gasteiger partial charge in [0.15, 0.2) is 5.96 Å². The van der Waals surface area contributed by atoms with E-state index < -0.39 is 0 Å². The lowest BCUT2D eigenvalue weighted by Gasteiger charge is -2.35. The van der Waals surface area contributed by atoms with Gasteiger partial charge in [0, 0.05) is 59.0 Å². The first-order chi connectivity index (χ1) is 13.0. The van der Waals surface area contributed by atoms with Gasteiger partial charge in [-0.2, -0.15) is 0 Å². The van der Waals surface area contributed by atoms with Crippen molar-refractivity contribution in [3.8, 4) is 0 Å². The lowest BCUT2D eigenvalue weighted by atomic mass is 9.94. The molecule has 1 saturated heterocycles. The number of rotatable bonds is 12. The number of guanidine groups is 1. The molecule has 1 aliphatic rings. The van der Waals surface area contributed by atoms with Gasteiger partial charge in [-0.3, -0.25) is 4.99 Å². The Morgan fingerprint density at radius 2 is 1.70 bits per heavy atom. The van der Waals surface area contributed by atoms with Gasteiger partial charge in [-0.25, -0.2) is 0 Å². The highest BCUT2D eigenvalue weighted by atomic mass is 16.3. The van der Waals surface area contributed by atoms with Crippen LogP contribution in [0.4, 0.5) is 0 Å². The lowest BCUT2D eigenvalue weighted by Crippen LogP contribution is -2.47. The molecule has 160 valence electrons. The standard InChI is InChI=1S/C21H45N5O/c1-6-22-21(24-16-20(8-13-27)14-18(3)4)23-15-19(5)17-26-11-9-25(7-2)10-12-26/h18-20,27H,6-17H2,1-5H3,(H2,22,23,24). The average Bonchev–Trinajstić information content (AvgIpc) is 2.64. The first-order valence-corrected chi connectivity index (χ1v) is 11.1. The van der Waals surface area contributed by atoms with Crippen molar-refractivity contribution in [1.82, 2.24) is 20.4 Å². The van der Waals surface area contributed by atoms with Crippen LogP contribution in [0.2, 0.25) is 0 Å². The fourth-order valence-corrected chi connectivity index (χ4v) is 3.77. The smallest absolute Gasteiger partial charge is 0.191 e. The van der Waals surface area contributed by atoms with Gasteiger partial charge < -0.3 is 25.5 Å². The van der Waals surface area contributed by atoms with Crippen LogP contribution in [0.3, 0.4) is 0 Å². The molecule has 2 unspecified atom stereocenters. The summed E-state index contributed by atoms with van der Waals surface area (Å²) in [5.41, 5.74) is 0. The zero-order chi connectivity index (χ0) is 20.1. The molecular formula is C21H45N5O. The minimum atomic E-state index is 0.259. The molecule has 0 aromatic rings. The maximum absolute atomic E-state index is 9.30. The van der Waals surface area contributed by atoms with E-state index in [1.165, 1.54) is 32.7 Å². The monoisotopic (exact) mass is 383 g/mol. The van der Waals surface area contributed by atoms with Crippen LogP contribution in [0.25, 0.3) is 0 Å². The van der Waals surface area contributed by atoms with Gasteiger partial charge in [-0.05, 0) is 44.1 Å². The van der Waals surface area contributed by atoms with E-state index in [9.17, 15) is 5.11 Å². The van der Waals surface area contributed by atoms with Crippen LogP contribution < -0.4 is 10.6 Å². The van der Waals surface area contributed by atoms with Crippen LogP contribution in [-0.2, 0) is 0 Å². The number of aliphatic hydroxyl groups excluding tert-OH is 1. The molecule has 2 atom stereocenters. The van der Waals surface area contributed by atoms with Crippen LogP contribution in [0.15, 0.2) is 4.99 Å². The van der Waals surface area contributed by atoms with Crippen molar-refractivity contribution in [3.63, 3.8) is 0 Å². The summed E-state index contributed by atoms with van der Waals surface area (Å²) in [6, 6.07) is 0. The van der Waals surface area contributed by atoms with E-state index in [0.717, 1.165) is 45.0 Å². The van der Waals surface area contributed by atoms with Gasteiger partial charge in [0.05, 0.1) is 0 Å². The summed E-state index contributed by atoms with van der Waals surface area (Å²) in [6.07, 6.45) is 1.98. The molecule has 1 fully saturated rings. The van der Waals surface area contributed by atoms with Crippen molar-refractivity contribution < 1.29 is 5.11 Å². The molecule has 0 amide bonds. The minimum absolute atomic E-state index is 0.259. The predicted molar refractivity (Wildman–Crippen MR) is 116 cm³/mol. The number of hydrogen-bond acceptors (Lipinski definition) is 4. The molecular weight excluding hydrogens is 338 g/mol. The fourth-order valence-electron chi connectivity index (χ4n) is 3.77. The second kappa shape index (κ2) is 14.2. The Morgan fingerprint density at radius 3 is 2.26 bits per heavy atom. The minimum Gasteiger partial charge on any atom is -0.396 e. The molecule has 0 saturated carbocycles. The molecule has 0 aliphatic carbocycles. The summed E-state index contributed by atoms with van der Waals surface area (Å²) in [5, 5.41) is 16.2. The van der Waals surface area contributed by atoms with Crippen molar-refractivity contribution in [2.24, 2.45) is 22.7 Å². The summed E-state index contributed by atoms with van der Waals surface area (Å²) in [7, 11) is 0. The molecule has 0 bridgehead atoms. The highest BCUT2D eigenvalue weighted by molar-refractivity contribution is 5.79. The largest absolute Gasteiger partial charge is 0.396 e. The predicted octanol–water partition coefficient (Wildman–Crippen LogP) is 1.86. The highest BCUT2D eigenvalue weighted by Crippen LogP contribution is 2.14. The van der Waals surface area contributed by atoms with Gasteiger partial charge in [-0.15, -0.1) is 0 Å². The molecule has 3 N–H and O–H groups in total. The summed E-state index contributed by atoms with van der Waals surface area (Å²) in [4.78, 5) is 9.91. The lowest BCUT2D eigenvalue weighted by molar-refractivity contribution is 0.125. The number of hydrogen-bond donors (Lipinski definition) is 3. The number of piperazine rings is 1. The molecule has 0 spiro atoms. The van der Waals surface area contributed by atoms with E-state index in [-0.39, 0.29) is 6.61 Å². The Balaban J connectivity index is 2.42. The number of nitrogens with zero attached hydrogens (tertiary/aromatic N) is 3. The van der Waals surface area contributed by atoms with E-state index >= 15 is 0 Å². The molecule has 1 aliphatic heterocycles. The Bertz CT molecular complexity index is 394. The first kappa shape index (κ1) is 24.2. The SMILES string of the molecule is CCNC(=NCC(C)CN1CCN(CC)CC1)NCC(CCO)CC(C)C. The van der Waals surface area contributed by atoms with Gasteiger partial charge >= 0.3 is 0 Å². The maximum Gasteiger partial charge on any atom is 0.191 e. The Labute approximate surface area is 167 Å². The summed E-state index contributed by atoms with van der Waals surface area (Å²) in [5.74, 6) is 2.60. The van der Waals surface area contributed by atoms with Gasteiger partial charge in [0.1, 0.15) is 0 Å². The molecule has 1 rings (SSSR count). The Morgan fingerprint density at radius 1 is 1.04 bits per heavy atom. The van der Waals surface area contributed by atoms with E-state index in [1.807, 2.05) is 0 Å². The van der Waals surface area contributed by atoms with E-state index in [0.29, 0.717) is 17.8 Å². The molecule has 6 heteroatoms. The van der Waals surface area contributed by atoms with Gasteiger partial charge in [-0.1, -0.05) is 27.7 Å². The van der Waals surface area contributed by atoms with Gasteiger partial charge in [0.25, 0.3) is 0 Å². The number of nitrogens with one attached hydrogen (secondary N) is 2. The fraction of sp³-hybridized carbons (Fsp3) is 0.952. The van der Waals surface area contributed by atoms with Crippen LogP contribution in [-0.4, -0.2) is 86.4 Å². The first-order valence-electron chi connectivity index (χ1n) is 11.1. The summed E-state index contributed by atoms with van der Waals surface area (Å²) < 4.78 is 0. The molecule has 0 aromatic heterocycles. The third-order valence-corrected chi connectivity index (χ3v) is 5.29. The van der Waals surface area contributed by atoms with Crippen molar-refractivity contribution in [2.75, 3.05) is 65.5 Å². The highest BCUT2D eigenvalue weighted by Gasteiger charge is 2.17. The number of aliphatic hydroxyl groups is 1. The molecule has 0 aromatic carbocycles. The van der Waals surface area contributed by atoms with Crippen molar-refractivity contribution in [2.45, 2.75) is 47.5 Å². The van der Waals surface area contributed by atoms with Crippen LogP contribution in [0, 0.1) is 17.8 Å². The topological polar surface area (TPSA) is 63.1 Å². The molecule has 1 heterocycles. The van der Waals surface area contributed by atoms with Crippen molar-refractivity contribution in [1.29, 1.82) is 0 Å². The average molecular weight is 384 g/mol. The zero-order valence-corrected chi connectivity index (χ0v) is 18.5. The summed E-state index contributed by atoms with van der Waals surface area (Å²) >= 11 is 0. The zero-order valence-electron chi connectivity index (χ0n) is 18.5. The molecule has 27 heavy (non-hydrogen) atoms. The van der Waals surface area contributed by atoms with Crippen molar-refractivity contribution in [3.05, 3.63) is 0 Å². The second-order valence-corrected chi connectivity index (χ2v) is 8.45. The number of likely N-dealkylation sites (N-methyl/N-ethyl adjacent to an activating group) is 1. The van der Waals surface area contributed by atoms with E-state index in [1.54, 1.807) is 0 Å². The normalized spacial score (nSPS) is 19.3. The van der Waals surface area contributed by atoms with E-state index in [4.69, 9.17) is 4.99 Å².